The number of carbonyl (C=O) groups excluding carboxylic acids is 2. The number of cyclic esters (lactones) is 1. The van der Waals surface area contributed by atoms with Crippen LogP contribution in [0.3, 0.4) is 0 Å². The zero-order valence-electron chi connectivity index (χ0n) is 32.4. The standard InChI is InChI=1S/C36H65NO14/c1-13-23-36(9,45)28(41)19(4)25(39)17(2)15-34(7,44)30(51-32-26(40)22(37(10)11)14-18(3)47-32)20(5)27(21(6)31(43)48-23)50-33-29(42)35(8,46-12)16-24(38)49-33/h17-24,26-30,32-33,38,40-42,44-45H,13-16H2,1-12H3/t17-,18?,19+,20+,21-,22?,23-,24?,26?,27+,28+,29?,30-,32?,33?,34-,35?,36-/m1/s1. The highest BCUT2D eigenvalue weighted by molar-refractivity contribution is 5.83. The molecule has 298 valence electrons. The first-order chi connectivity index (χ1) is 23.4. The van der Waals surface area contributed by atoms with Gasteiger partial charge in [0.05, 0.1) is 35.9 Å². The van der Waals surface area contributed by atoms with E-state index < -0.39 is 108 Å². The predicted octanol–water partition coefficient (Wildman–Crippen LogP) is 0.716. The summed E-state index contributed by atoms with van der Waals surface area (Å²) in [6, 6.07) is -0.362. The molecule has 0 bridgehead atoms. The molecule has 0 spiro atoms. The van der Waals surface area contributed by atoms with Crippen LogP contribution in [0.15, 0.2) is 0 Å². The van der Waals surface area contributed by atoms with Crippen molar-refractivity contribution in [3.63, 3.8) is 0 Å². The smallest absolute Gasteiger partial charge is 0.311 e. The van der Waals surface area contributed by atoms with E-state index in [-0.39, 0.29) is 31.4 Å². The van der Waals surface area contributed by atoms with Gasteiger partial charge < -0.3 is 64.0 Å². The number of ketones is 1. The van der Waals surface area contributed by atoms with Crippen LogP contribution in [0.1, 0.15) is 88.0 Å². The second-order valence-corrected chi connectivity index (χ2v) is 16.2. The predicted molar refractivity (Wildman–Crippen MR) is 183 cm³/mol. The molecule has 3 aliphatic heterocycles. The number of hydrogen-bond donors (Lipinski definition) is 6. The molecule has 3 aliphatic rings. The van der Waals surface area contributed by atoms with Gasteiger partial charge in [0.25, 0.3) is 0 Å². The molecule has 3 saturated heterocycles. The second kappa shape index (κ2) is 17.0. The first-order valence-electron chi connectivity index (χ1n) is 18.2. The number of aliphatic hydroxyl groups is 6. The lowest BCUT2D eigenvalue weighted by atomic mass is 9.74. The first kappa shape index (κ1) is 44.1. The van der Waals surface area contributed by atoms with Gasteiger partial charge in [0, 0.05) is 37.3 Å². The van der Waals surface area contributed by atoms with Crippen LogP contribution < -0.4 is 0 Å². The van der Waals surface area contributed by atoms with Crippen LogP contribution in [0, 0.1) is 23.7 Å². The average Bonchev–Trinajstić information content (AvgIpc) is 3.05. The van der Waals surface area contributed by atoms with Gasteiger partial charge in [-0.05, 0) is 68.0 Å². The van der Waals surface area contributed by atoms with Crippen molar-refractivity contribution in [2.24, 2.45) is 23.7 Å². The van der Waals surface area contributed by atoms with E-state index in [9.17, 15) is 40.2 Å². The van der Waals surface area contributed by atoms with Gasteiger partial charge in [-0.25, -0.2) is 0 Å². The van der Waals surface area contributed by atoms with Crippen LogP contribution in [0.5, 0.6) is 0 Å². The van der Waals surface area contributed by atoms with Crippen molar-refractivity contribution in [3.05, 3.63) is 0 Å². The molecule has 0 aromatic rings. The van der Waals surface area contributed by atoms with Crippen LogP contribution in [0.25, 0.3) is 0 Å². The maximum absolute atomic E-state index is 14.0. The lowest BCUT2D eigenvalue weighted by Crippen LogP contribution is -2.62. The number of methoxy groups -OCH3 is 1. The van der Waals surface area contributed by atoms with E-state index in [1.807, 2.05) is 25.9 Å². The Kier molecular flexibility index (Phi) is 14.7. The zero-order chi connectivity index (χ0) is 39.0. The van der Waals surface area contributed by atoms with Crippen LogP contribution in [-0.2, 0) is 38.0 Å². The summed E-state index contributed by atoms with van der Waals surface area (Å²) in [6.07, 6.45) is -12.3. The Bertz CT molecular complexity index is 1170. The minimum absolute atomic E-state index is 0.0785. The number of Topliss-reactive ketones (excluding diaryl/α,β-unsaturated/α-hetero) is 1. The van der Waals surface area contributed by atoms with E-state index in [4.69, 9.17) is 28.4 Å². The van der Waals surface area contributed by atoms with Crippen molar-refractivity contribution in [1.82, 2.24) is 4.90 Å². The second-order valence-electron chi connectivity index (χ2n) is 16.2. The lowest BCUT2D eigenvalue weighted by Gasteiger charge is -2.49. The Labute approximate surface area is 302 Å². The molecule has 8 unspecified atom stereocenters. The number of esters is 1. The van der Waals surface area contributed by atoms with Crippen molar-refractivity contribution in [3.8, 4) is 0 Å². The van der Waals surface area contributed by atoms with Gasteiger partial charge in [-0.3, -0.25) is 9.59 Å². The third-order valence-electron chi connectivity index (χ3n) is 11.5. The molecule has 0 saturated carbocycles. The quantitative estimate of drug-likeness (QED) is 0.199. The number of hydrogen-bond acceptors (Lipinski definition) is 15. The minimum Gasteiger partial charge on any atom is -0.459 e. The van der Waals surface area contributed by atoms with Gasteiger partial charge in [0.2, 0.25) is 0 Å². The van der Waals surface area contributed by atoms with Crippen LogP contribution in [-0.4, -0.2) is 153 Å². The molecule has 0 aromatic heterocycles. The van der Waals surface area contributed by atoms with Crippen LogP contribution in [0.4, 0.5) is 0 Å². The van der Waals surface area contributed by atoms with E-state index in [2.05, 4.69) is 0 Å². The summed E-state index contributed by atoms with van der Waals surface area (Å²) < 4.78 is 36.1. The van der Waals surface area contributed by atoms with Gasteiger partial charge >= 0.3 is 5.97 Å². The fourth-order valence-corrected chi connectivity index (χ4v) is 8.14. The highest BCUT2D eigenvalue weighted by Crippen LogP contribution is 2.40. The summed E-state index contributed by atoms with van der Waals surface area (Å²) in [6.45, 7) is 14.1. The molecule has 0 aliphatic carbocycles. The Balaban J connectivity index is 2.20. The maximum atomic E-state index is 14.0. The van der Waals surface area contributed by atoms with Crippen molar-refractivity contribution >= 4 is 11.8 Å². The molecule has 0 amide bonds. The monoisotopic (exact) mass is 735 g/mol. The van der Waals surface area contributed by atoms with Crippen LogP contribution in [0.2, 0.25) is 0 Å². The summed E-state index contributed by atoms with van der Waals surface area (Å²) in [7, 11) is 5.01. The van der Waals surface area contributed by atoms with Gasteiger partial charge in [-0.15, -0.1) is 0 Å². The molecule has 18 atom stereocenters. The Hall–Kier alpha value is -1.34. The summed E-state index contributed by atoms with van der Waals surface area (Å²) >= 11 is 0. The van der Waals surface area contributed by atoms with Gasteiger partial charge in [-0.1, -0.05) is 27.7 Å². The fraction of sp³-hybridized carbons (Fsp3) is 0.944. The minimum atomic E-state index is -2.04. The number of carbonyl (C=O) groups is 2. The summed E-state index contributed by atoms with van der Waals surface area (Å²) in [5, 5.41) is 68.6. The molecule has 51 heavy (non-hydrogen) atoms. The van der Waals surface area contributed by atoms with Crippen molar-refractivity contribution in [2.45, 2.75) is 172 Å². The summed E-state index contributed by atoms with van der Waals surface area (Å²) in [5.41, 5.74) is -5.21. The highest BCUT2D eigenvalue weighted by atomic mass is 16.7. The Morgan fingerprint density at radius 1 is 0.863 bits per heavy atom. The number of nitrogens with zero attached hydrogens (tertiary/aromatic N) is 1. The molecule has 3 fully saturated rings. The summed E-state index contributed by atoms with van der Waals surface area (Å²) in [4.78, 5) is 29.7. The topological polar surface area (TPSA) is 214 Å². The lowest BCUT2D eigenvalue weighted by molar-refractivity contribution is -0.352. The third kappa shape index (κ3) is 9.49. The van der Waals surface area contributed by atoms with Crippen LogP contribution >= 0.6 is 0 Å². The Morgan fingerprint density at radius 2 is 1.47 bits per heavy atom. The molecule has 3 rings (SSSR count). The van der Waals surface area contributed by atoms with Gasteiger partial charge in [0.1, 0.15) is 35.3 Å². The maximum Gasteiger partial charge on any atom is 0.311 e. The molecular formula is C36H65NO14. The summed E-state index contributed by atoms with van der Waals surface area (Å²) in [5.74, 6) is -5.46. The molecule has 3 heterocycles. The average molecular weight is 736 g/mol. The van der Waals surface area contributed by atoms with E-state index in [0.29, 0.717) is 6.42 Å². The number of likely N-dealkylation sites (N-methyl/N-ethyl adjacent to an activating group) is 1. The van der Waals surface area contributed by atoms with Crippen molar-refractivity contribution < 1.29 is 68.6 Å². The molecule has 15 heteroatoms. The van der Waals surface area contributed by atoms with E-state index in [0.717, 1.165) is 0 Å². The number of ether oxygens (including phenoxy) is 6. The van der Waals surface area contributed by atoms with E-state index in [1.54, 1.807) is 27.7 Å². The highest BCUT2D eigenvalue weighted by Gasteiger charge is 2.54. The van der Waals surface area contributed by atoms with Crippen molar-refractivity contribution in [2.75, 3.05) is 21.2 Å². The molecular weight excluding hydrogens is 670 g/mol. The normalized spacial score (nSPS) is 49.7. The molecule has 0 radical (unpaired) electrons. The Morgan fingerprint density at radius 3 is 2.02 bits per heavy atom. The zero-order valence-corrected chi connectivity index (χ0v) is 32.4. The SMILES string of the molecule is CC[C@H]1OC(=O)[C@H](C)[C@@H](OC2OC(O)CC(C)(OC)C2O)[C@H](C)[C@@H](OC2OC(C)CC(N(C)C)C2O)[C@](C)(O)C[C@@H](C)C(=O)[C@H](C)[C@H](O)[C@]1(C)O. The fourth-order valence-electron chi connectivity index (χ4n) is 8.14. The van der Waals surface area contributed by atoms with E-state index in [1.165, 1.54) is 34.8 Å². The van der Waals surface area contributed by atoms with E-state index >= 15 is 0 Å². The first-order valence-corrected chi connectivity index (χ1v) is 18.2. The molecule has 15 nitrogen and oxygen atoms in total. The molecule has 6 N–H and O–H groups in total. The molecule has 0 aromatic carbocycles. The van der Waals surface area contributed by atoms with Gasteiger partial charge in [-0.2, -0.15) is 0 Å². The van der Waals surface area contributed by atoms with Gasteiger partial charge in [0.15, 0.2) is 18.9 Å². The van der Waals surface area contributed by atoms with Crippen molar-refractivity contribution in [1.29, 1.82) is 0 Å². The number of aliphatic hydroxyl groups excluding tert-OH is 4. The third-order valence-corrected chi connectivity index (χ3v) is 11.5. The largest absolute Gasteiger partial charge is 0.459 e. The number of rotatable bonds is 7.